The van der Waals surface area contributed by atoms with Crippen molar-refractivity contribution in [3.05, 3.63) is 18.0 Å². The Bertz CT molecular complexity index is 394. The first-order chi connectivity index (χ1) is 9.74. The normalized spacial score (nSPS) is 19.9. The molecule has 0 aromatic carbocycles. The average Bonchev–Trinajstić information content (AvgIpc) is 2.93. The number of nitrogens with zero attached hydrogens (tertiary/aromatic N) is 2. The zero-order valence-electron chi connectivity index (χ0n) is 12.9. The Morgan fingerprint density at radius 2 is 2.20 bits per heavy atom. The summed E-state index contributed by atoms with van der Waals surface area (Å²) in [7, 11) is 2.02. The monoisotopic (exact) mass is 281 g/mol. The third kappa shape index (κ3) is 3.40. The van der Waals surface area contributed by atoms with Crippen LogP contribution in [0.1, 0.15) is 32.3 Å². The van der Waals surface area contributed by atoms with E-state index >= 15 is 0 Å². The molecule has 2 rings (SSSR count). The van der Waals surface area contributed by atoms with Crippen LogP contribution in [-0.4, -0.2) is 48.3 Å². The predicted molar refractivity (Wildman–Crippen MR) is 78.9 cm³/mol. The molecule has 2 heterocycles. The fourth-order valence-corrected chi connectivity index (χ4v) is 3.07. The highest BCUT2D eigenvalue weighted by molar-refractivity contribution is 5.10. The minimum atomic E-state index is -0.115. The van der Waals surface area contributed by atoms with Gasteiger partial charge < -0.3 is 14.8 Å². The first-order valence-corrected chi connectivity index (χ1v) is 7.64. The molecule has 1 aromatic rings. The average molecular weight is 281 g/mol. The third-order valence-electron chi connectivity index (χ3n) is 4.21. The molecule has 0 spiro atoms. The van der Waals surface area contributed by atoms with E-state index in [1.165, 1.54) is 5.56 Å². The second kappa shape index (κ2) is 7.20. The maximum Gasteiger partial charge on any atom is 0.0881 e. The fourth-order valence-electron chi connectivity index (χ4n) is 3.07. The number of aromatic nitrogens is 2. The summed E-state index contributed by atoms with van der Waals surface area (Å²) in [5, 5.41) is 7.81. The molecule has 1 aliphatic rings. The van der Waals surface area contributed by atoms with Crippen molar-refractivity contribution in [3.63, 3.8) is 0 Å². The van der Waals surface area contributed by atoms with Gasteiger partial charge in [0, 0.05) is 51.4 Å². The molecular formula is C15H27N3O2. The van der Waals surface area contributed by atoms with Crippen molar-refractivity contribution in [2.75, 3.05) is 26.9 Å². The number of aryl methyl sites for hydroxylation is 1. The predicted octanol–water partition coefficient (Wildman–Crippen LogP) is 1.62. The SMILES string of the molecule is CCOC1(C(Cc2cnn(CC)c2)NC)CCOCC1. The van der Waals surface area contributed by atoms with Crippen LogP contribution >= 0.6 is 0 Å². The lowest BCUT2D eigenvalue weighted by atomic mass is 9.83. The van der Waals surface area contributed by atoms with Gasteiger partial charge in [0.15, 0.2) is 0 Å². The van der Waals surface area contributed by atoms with E-state index in [9.17, 15) is 0 Å². The van der Waals surface area contributed by atoms with Crippen molar-refractivity contribution in [1.82, 2.24) is 15.1 Å². The van der Waals surface area contributed by atoms with Crippen molar-refractivity contribution < 1.29 is 9.47 Å². The third-order valence-corrected chi connectivity index (χ3v) is 4.21. The molecule has 1 aromatic heterocycles. The van der Waals surface area contributed by atoms with Crippen LogP contribution in [0.2, 0.25) is 0 Å². The zero-order chi connectivity index (χ0) is 14.4. The summed E-state index contributed by atoms with van der Waals surface area (Å²) >= 11 is 0. The number of hydrogen-bond donors (Lipinski definition) is 1. The van der Waals surface area contributed by atoms with Crippen LogP contribution in [0, 0.1) is 0 Å². The van der Waals surface area contributed by atoms with Gasteiger partial charge in [-0.15, -0.1) is 0 Å². The van der Waals surface area contributed by atoms with Crippen molar-refractivity contribution in [2.24, 2.45) is 0 Å². The Labute approximate surface area is 121 Å². The second-order valence-corrected chi connectivity index (χ2v) is 5.36. The number of ether oxygens (including phenoxy) is 2. The van der Waals surface area contributed by atoms with Gasteiger partial charge in [-0.05, 0) is 32.9 Å². The van der Waals surface area contributed by atoms with Gasteiger partial charge in [0.2, 0.25) is 0 Å². The van der Waals surface area contributed by atoms with Crippen LogP contribution < -0.4 is 5.32 Å². The van der Waals surface area contributed by atoms with Crippen LogP contribution in [0.3, 0.4) is 0 Å². The summed E-state index contributed by atoms with van der Waals surface area (Å²) in [4.78, 5) is 0. The van der Waals surface area contributed by atoms with E-state index in [4.69, 9.17) is 9.47 Å². The van der Waals surface area contributed by atoms with E-state index in [1.807, 2.05) is 17.9 Å². The minimum absolute atomic E-state index is 0.115. The van der Waals surface area contributed by atoms with E-state index in [1.54, 1.807) is 0 Å². The van der Waals surface area contributed by atoms with Crippen molar-refractivity contribution in [1.29, 1.82) is 0 Å². The van der Waals surface area contributed by atoms with E-state index in [-0.39, 0.29) is 5.60 Å². The van der Waals surface area contributed by atoms with E-state index in [2.05, 4.69) is 30.5 Å². The van der Waals surface area contributed by atoms with Crippen LogP contribution in [0.5, 0.6) is 0 Å². The molecule has 5 nitrogen and oxygen atoms in total. The lowest BCUT2D eigenvalue weighted by Crippen LogP contribution is -2.55. The molecule has 0 saturated carbocycles. The number of nitrogens with one attached hydrogen (secondary N) is 1. The highest BCUT2D eigenvalue weighted by Crippen LogP contribution is 2.30. The number of hydrogen-bond acceptors (Lipinski definition) is 4. The summed E-state index contributed by atoms with van der Waals surface area (Å²) in [6, 6.07) is 0.292. The molecule has 0 bridgehead atoms. The molecule has 1 fully saturated rings. The largest absolute Gasteiger partial charge is 0.381 e. The number of likely N-dealkylation sites (N-methyl/N-ethyl adjacent to an activating group) is 1. The quantitative estimate of drug-likeness (QED) is 0.825. The van der Waals surface area contributed by atoms with Gasteiger partial charge in [0.05, 0.1) is 11.8 Å². The van der Waals surface area contributed by atoms with Crippen molar-refractivity contribution in [2.45, 2.75) is 51.3 Å². The highest BCUT2D eigenvalue weighted by Gasteiger charge is 2.40. The van der Waals surface area contributed by atoms with E-state index < -0.39 is 0 Å². The van der Waals surface area contributed by atoms with Crippen LogP contribution in [0.4, 0.5) is 0 Å². The van der Waals surface area contributed by atoms with Gasteiger partial charge in [0.1, 0.15) is 0 Å². The fraction of sp³-hybridized carbons (Fsp3) is 0.800. The Morgan fingerprint density at radius 1 is 1.45 bits per heavy atom. The van der Waals surface area contributed by atoms with Gasteiger partial charge in [-0.25, -0.2) is 0 Å². The minimum Gasteiger partial charge on any atom is -0.381 e. The summed E-state index contributed by atoms with van der Waals surface area (Å²) in [6.07, 6.45) is 6.94. The Hall–Kier alpha value is -0.910. The van der Waals surface area contributed by atoms with Crippen LogP contribution in [0.15, 0.2) is 12.4 Å². The second-order valence-electron chi connectivity index (χ2n) is 5.36. The van der Waals surface area contributed by atoms with Crippen molar-refractivity contribution in [3.8, 4) is 0 Å². The molecule has 1 unspecified atom stereocenters. The molecule has 1 atom stereocenters. The molecule has 1 saturated heterocycles. The Kier molecular flexibility index (Phi) is 5.57. The summed E-state index contributed by atoms with van der Waals surface area (Å²) < 4.78 is 13.6. The lowest BCUT2D eigenvalue weighted by Gasteiger charge is -2.43. The molecule has 1 N–H and O–H groups in total. The first-order valence-electron chi connectivity index (χ1n) is 7.64. The van der Waals surface area contributed by atoms with E-state index in [0.717, 1.165) is 45.6 Å². The Balaban J connectivity index is 2.11. The van der Waals surface area contributed by atoms with Gasteiger partial charge in [-0.3, -0.25) is 4.68 Å². The molecule has 0 aliphatic carbocycles. The van der Waals surface area contributed by atoms with Gasteiger partial charge >= 0.3 is 0 Å². The zero-order valence-corrected chi connectivity index (χ0v) is 12.9. The molecule has 114 valence electrons. The van der Waals surface area contributed by atoms with Crippen LogP contribution in [-0.2, 0) is 22.4 Å². The maximum absolute atomic E-state index is 6.16. The van der Waals surface area contributed by atoms with Gasteiger partial charge in [0.25, 0.3) is 0 Å². The maximum atomic E-state index is 6.16. The van der Waals surface area contributed by atoms with E-state index in [0.29, 0.717) is 6.04 Å². The standard InChI is InChI=1S/C15H27N3O2/c1-4-18-12-13(11-17-18)10-14(16-3)15(20-5-2)6-8-19-9-7-15/h11-12,14,16H,4-10H2,1-3H3. The summed E-state index contributed by atoms with van der Waals surface area (Å²) in [6.45, 7) is 7.39. The molecule has 0 radical (unpaired) electrons. The smallest absolute Gasteiger partial charge is 0.0881 e. The lowest BCUT2D eigenvalue weighted by molar-refractivity contribution is -0.125. The summed E-state index contributed by atoms with van der Waals surface area (Å²) in [5.74, 6) is 0. The van der Waals surface area contributed by atoms with Gasteiger partial charge in [-0.2, -0.15) is 5.10 Å². The summed E-state index contributed by atoms with van der Waals surface area (Å²) in [5.41, 5.74) is 1.15. The highest BCUT2D eigenvalue weighted by atomic mass is 16.5. The Morgan fingerprint density at radius 3 is 2.75 bits per heavy atom. The number of rotatable bonds is 7. The first kappa shape index (κ1) is 15.5. The van der Waals surface area contributed by atoms with Crippen molar-refractivity contribution >= 4 is 0 Å². The molecule has 5 heteroatoms. The van der Waals surface area contributed by atoms with Gasteiger partial charge in [-0.1, -0.05) is 0 Å². The molecule has 1 aliphatic heterocycles. The molecular weight excluding hydrogens is 254 g/mol. The molecule has 0 amide bonds. The topological polar surface area (TPSA) is 48.3 Å². The molecule has 20 heavy (non-hydrogen) atoms. The van der Waals surface area contributed by atoms with Crippen LogP contribution in [0.25, 0.3) is 0 Å².